The molecule has 1 N–H and O–H groups in total. The van der Waals surface area contributed by atoms with Crippen LogP contribution in [0, 0.1) is 17.3 Å². The molecule has 0 aromatic heterocycles. The predicted molar refractivity (Wildman–Crippen MR) is 150 cm³/mol. The van der Waals surface area contributed by atoms with E-state index >= 15 is 0 Å². The van der Waals surface area contributed by atoms with Crippen molar-refractivity contribution >= 4 is 38.9 Å². The Morgan fingerprint density at radius 2 is 1.72 bits per heavy atom. The third-order valence-electron chi connectivity index (χ3n) is 7.90. The number of amides is 1. The molecule has 3 rings (SSSR count). The van der Waals surface area contributed by atoms with Crippen molar-refractivity contribution in [3.05, 3.63) is 82.4 Å². The lowest BCUT2D eigenvalue weighted by Crippen LogP contribution is -2.56. The molecule has 1 fully saturated rings. The summed E-state index contributed by atoms with van der Waals surface area (Å²) in [5.74, 6) is -0.495. The molecule has 1 amide bonds. The molecule has 0 bridgehead atoms. The second-order valence-electron chi connectivity index (χ2n) is 10.7. The van der Waals surface area contributed by atoms with Crippen molar-refractivity contribution in [3.8, 4) is 0 Å². The average molecular weight is 551 g/mol. The summed E-state index contributed by atoms with van der Waals surface area (Å²) in [5, 5.41) is 3.20. The third kappa shape index (κ3) is 5.84. The number of hydrogen-bond acceptors (Lipinski definition) is 3. The Balaban J connectivity index is 2.07. The van der Waals surface area contributed by atoms with Gasteiger partial charge < -0.3 is 5.32 Å². The van der Waals surface area contributed by atoms with Crippen LogP contribution in [-0.4, -0.2) is 25.6 Å². The van der Waals surface area contributed by atoms with E-state index in [-0.39, 0.29) is 29.7 Å². The molecule has 6 atom stereocenters. The summed E-state index contributed by atoms with van der Waals surface area (Å²) in [6.45, 7) is 13.3. The van der Waals surface area contributed by atoms with Crippen LogP contribution in [0.3, 0.4) is 0 Å². The molecule has 7 heteroatoms. The van der Waals surface area contributed by atoms with E-state index in [0.29, 0.717) is 28.5 Å². The molecule has 2 aromatic carbocycles. The molecular formula is C29H37Cl2NO3S. The fraction of sp³-hybridized carbons (Fsp3) is 0.483. The smallest absolute Gasteiger partial charge is 0.226 e. The zero-order chi connectivity index (χ0) is 26.8. The molecule has 1 aliphatic heterocycles. The normalized spacial score (nSPS) is 25.2. The lowest BCUT2D eigenvalue weighted by atomic mass is 9.66. The van der Waals surface area contributed by atoms with Crippen molar-refractivity contribution in [1.82, 2.24) is 5.32 Å². The van der Waals surface area contributed by atoms with Crippen LogP contribution in [0.5, 0.6) is 0 Å². The number of halogens is 2. The van der Waals surface area contributed by atoms with E-state index in [1.165, 1.54) is 0 Å². The molecular weight excluding hydrogens is 513 g/mol. The highest BCUT2D eigenvalue weighted by Crippen LogP contribution is 2.47. The Morgan fingerprint density at radius 3 is 2.28 bits per heavy atom. The molecule has 1 heterocycles. The highest BCUT2D eigenvalue weighted by Gasteiger charge is 2.48. The molecule has 4 nitrogen and oxygen atoms in total. The summed E-state index contributed by atoms with van der Waals surface area (Å²) in [6.07, 6.45) is 2.96. The summed E-state index contributed by atoms with van der Waals surface area (Å²) in [4.78, 5) is 13.4. The Kier molecular flexibility index (Phi) is 9.01. The maximum atomic E-state index is 13.6. The van der Waals surface area contributed by atoms with Crippen molar-refractivity contribution in [2.75, 3.05) is 0 Å². The molecule has 3 unspecified atom stereocenters. The van der Waals surface area contributed by atoms with Crippen molar-refractivity contribution in [1.29, 1.82) is 0 Å². The number of nitrogens with one attached hydrogen (secondary N) is 1. The topological polar surface area (TPSA) is 63.2 Å². The summed E-state index contributed by atoms with van der Waals surface area (Å²) < 4.78 is 27.3. The second-order valence-corrected chi connectivity index (χ2v) is 14.2. The van der Waals surface area contributed by atoms with Gasteiger partial charge >= 0.3 is 0 Å². The Labute approximate surface area is 226 Å². The number of piperidine rings is 1. The minimum atomic E-state index is -3.51. The minimum Gasteiger partial charge on any atom is -0.352 e. The third-order valence-corrected chi connectivity index (χ3v) is 11.1. The molecule has 36 heavy (non-hydrogen) atoms. The van der Waals surface area contributed by atoms with Crippen molar-refractivity contribution < 1.29 is 13.2 Å². The van der Waals surface area contributed by atoms with Crippen LogP contribution in [0.15, 0.2) is 61.2 Å². The number of carbonyl (C=O) groups is 1. The van der Waals surface area contributed by atoms with Crippen LogP contribution in [0.25, 0.3) is 0 Å². The lowest BCUT2D eigenvalue weighted by molar-refractivity contribution is -0.135. The quantitative estimate of drug-likeness (QED) is 0.331. The zero-order valence-corrected chi connectivity index (χ0v) is 24.0. The lowest BCUT2D eigenvalue weighted by Gasteiger charge is -2.46. The van der Waals surface area contributed by atoms with Crippen molar-refractivity contribution in [2.45, 2.75) is 69.9 Å². The largest absolute Gasteiger partial charge is 0.352 e. The van der Waals surface area contributed by atoms with Crippen LogP contribution in [0.4, 0.5) is 0 Å². The summed E-state index contributed by atoms with van der Waals surface area (Å²) in [7, 11) is -3.51. The van der Waals surface area contributed by atoms with E-state index in [2.05, 4.69) is 11.9 Å². The van der Waals surface area contributed by atoms with Gasteiger partial charge in [0.15, 0.2) is 9.84 Å². The van der Waals surface area contributed by atoms with Gasteiger partial charge in [0.25, 0.3) is 0 Å². The van der Waals surface area contributed by atoms with Gasteiger partial charge in [-0.1, -0.05) is 74.3 Å². The Bertz CT molecular complexity index is 1200. The van der Waals surface area contributed by atoms with E-state index < -0.39 is 25.8 Å². The van der Waals surface area contributed by atoms with Crippen molar-refractivity contribution in [2.24, 2.45) is 17.3 Å². The van der Waals surface area contributed by atoms with E-state index in [1.807, 2.05) is 45.0 Å². The van der Waals surface area contributed by atoms with Crippen LogP contribution in [0.2, 0.25) is 10.0 Å². The molecule has 0 spiro atoms. The van der Waals surface area contributed by atoms with Crippen LogP contribution in [0.1, 0.15) is 69.8 Å². The van der Waals surface area contributed by atoms with E-state index in [0.717, 1.165) is 5.56 Å². The maximum Gasteiger partial charge on any atom is 0.226 e. The van der Waals surface area contributed by atoms with Crippen LogP contribution >= 0.6 is 23.2 Å². The molecule has 0 radical (unpaired) electrons. The summed E-state index contributed by atoms with van der Waals surface area (Å²) in [6, 6.07) is 14.5. The summed E-state index contributed by atoms with van der Waals surface area (Å²) in [5.41, 5.74) is 1.15. The Morgan fingerprint density at radius 1 is 1.08 bits per heavy atom. The number of allylic oxidation sites excluding steroid dienone is 1. The van der Waals surface area contributed by atoms with Crippen LogP contribution in [-0.2, 0) is 14.6 Å². The molecule has 196 valence electrons. The van der Waals surface area contributed by atoms with Gasteiger partial charge in [0, 0.05) is 22.0 Å². The molecule has 0 saturated carbocycles. The SMILES string of the molecule is C=CC[C@@]1(C)C[C@H](c2cccc(Cl)c2)[C@H](C(C)C(C)C(c2ccc(Cl)cc2)S(=O)(=O)C(C)C)NC1=O. The van der Waals surface area contributed by atoms with Gasteiger partial charge in [-0.25, -0.2) is 8.42 Å². The van der Waals surface area contributed by atoms with E-state index in [1.54, 1.807) is 44.2 Å². The summed E-state index contributed by atoms with van der Waals surface area (Å²) >= 11 is 12.5. The number of carbonyl (C=O) groups excluding carboxylic acids is 1. The first kappa shape index (κ1) is 28.7. The van der Waals surface area contributed by atoms with Gasteiger partial charge in [0.1, 0.15) is 0 Å². The standard InChI is InChI=1S/C29H37Cl2NO3S/c1-7-15-29(6)17-25(22-9-8-10-24(31)16-22)26(32-28(29)33)19(4)20(5)27(36(34,35)18(2)3)21-11-13-23(30)14-12-21/h7-14,16,18-20,25-27H,1,15,17H2,2-6H3,(H,32,33)/t19?,20?,25-,26+,27?,29+/m1/s1. The van der Waals surface area contributed by atoms with Gasteiger partial charge in [-0.2, -0.15) is 0 Å². The monoisotopic (exact) mass is 549 g/mol. The first-order valence-corrected chi connectivity index (χ1v) is 14.8. The molecule has 0 aliphatic carbocycles. The van der Waals surface area contributed by atoms with E-state index in [9.17, 15) is 13.2 Å². The van der Waals surface area contributed by atoms with Gasteiger partial charge in [0.05, 0.1) is 15.9 Å². The highest BCUT2D eigenvalue weighted by molar-refractivity contribution is 7.92. The number of sulfone groups is 1. The minimum absolute atomic E-state index is 0.0283. The first-order valence-electron chi connectivity index (χ1n) is 12.5. The molecule has 2 aromatic rings. The number of hydrogen-bond donors (Lipinski definition) is 1. The predicted octanol–water partition coefficient (Wildman–Crippen LogP) is 7.38. The highest BCUT2D eigenvalue weighted by atomic mass is 35.5. The van der Waals surface area contributed by atoms with Gasteiger partial charge in [-0.3, -0.25) is 4.79 Å². The second kappa shape index (κ2) is 11.3. The number of benzene rings is 2. The zero-order valence-electron chi connectivity index (χ0n) is 21.7. The van der Waals surface area contributed by atoms with Crippen molar-refractivity contribution in [3.63, 3.8) is 0 Å². The molecule has 1 aliphatic rings. The van der Waals surface area contributed by atoms with E-state index in [4.69, 9.17) is 23.2 Å². The van der Waals surface area contributed by atoms with Gasteiger partial charge in [0.2, 0.25) is 5.91 Å². The van der Waals surface area contributed by atoms with Gasteiger partial charge in [-0.05, 0) is 73.9 Å². The first-order chi connectivity index (χ1) is 16.8. The number of rotatable bonds is 9. The fourth-order valence-electron chi connectivity index (χ4n) is 5.53. The fourth-order valence-corrected chi connectivity index (χ4v) is 7.82. The van der Waals surface area contributed by atoms with Gasteiger partial charge in [-0.15, -0.1) is 6.58 Å². The maximum absolute atomic E-state index is 13.6. The Hall–Kier alpha value is -1.82. The molecule has 1 saturated heterocycles. The van der Waals surface area contributed by atoms with Crippen LogP contribution < -0.4 is 5.32 Å². The average Bonchev–Trinajstić information content (AvgIpc) is 2.81.